The molecule has 0 radical (unpaired) electrons. The first kappa shape index (κ1) is 19.9. The molecule has 2 rings (SSSR count). The third kappa shape index (κ3) is 5.04. The van der Waals surface area contributed by atoms with Crippen LogP contribution in [0.4, 0.5) is 17.1 Å². The summed E-state index contributed by atoms with van der Waals surface area (Å²) in [5.41, 5.74) is 1.33. The van der Waals surface area contributed by atoms with E-state index < -0.39 is 16.7 Å². The summed E-state index contributed by atoms with van der Waals surface area (Å²) in [6.07, 6.45) is 0. The molecule has 142 valence electrons. The van der Waals surface area contributed by atoms with E-state index in [1.165, 1.54) is 19.2 Å². The van der Waals surface area contributed by atoms with Crippen LogP contribution < -0.4 is 15.4 Å². The van der Waals surface area contributed by atoms with Crippen LogP contribution in [0.15, 0.2) is 42.5 Å². The minimum Gasteiger partial charge on any atom is -0.495 e. The molecule has 0 aliphatic rings. The number of nitro benzene ring substituents is 1. The lowest BCUT2D eigenvalue weighted by Crippen LogP contribution is -2.29. The van der Waals surface area contributed by atoms with Crippen molar-refractivity contribution in [2.24, 2.45) is 0 Å². The van der Waals surface area contributed by atoms with E-state index in [1.54, 1.807) is 12.1 Å². The van der Waals surface area contributed by atoms with Crippen molar-refractivity contribution in [3.8, 4) is 5.75 Å². The number of hydrogen-bond acceptors (Lipinski definition) is 5. The number of ether oxygens (including phenoxy) is 1. The Labute approximate surface area is 156 Å². The number of hydrogen-bond donors (Lipinski definition) is 2. The van der Waals surface area contributed by atoms with E-state index in [9.17, 15) is 19.7 Å². The Morgan fingerprint density at radius 1 is 1.00 bits per heavy atom. The molecule has 0 saturated carbocycles. The largest absolute Gasteiger partial charge is 0.495 e. The van der Waals surface area contributed by atoms with Crippen LogP contribution in [0.3, 0.4) is 0 Å². The van der Waals surface area contributed by atoms with Crippen LogP contribution in [0.1, 0.15) is 26.3 Å². The highest BCUT2D eigenvalue weighted by Crippen LogP contribution is 2.29. The standard InChI is InChI=1S/C19H21N3O5/c1-19(2,3)12-5-7-13(8-6-12)20-17(23)18(24)21-15-11-14(22(25)26)9-10-16(15)27-4/h5-11H,1-4H3,(H,20,23)(H,21,24). The molecule has 2 aromatic carbocycles. The monoisotopic (exact) mass is 371 g/mol. The van der Waals surface area contributed by atoms with Gasteiger partial charge in [-0.1, -0.05) is 32.9 Å². The van der Waals surface area contributed by atoms with Crippen molar-refractivity contribution in [2.75, 3.05) is 17.7 Å². The first-order valence-corrected chi connectivity index (χ1v) is 8.17. The SMILES string of the molecule is COc1ccc([N+](=O)[O-])cc1NC(=O)C(=O)Nc1ccc(C(C)(C)C)cc1. The van der Waals surface area contributed by atoms with Crippen molar-refractivity contribution in [3.05, 3.63) is 58.1 Å². The molecule has 0 aliphatic heterocycles. The number of nitrogens with one attached hydrogen (secondary N) is 2. The summed E-state index contributed by atoms with van der Waals surface area (Å²) in [6, 6.07) is 10.9. The first-order chi connectivity index (χ1) is 12.6. The van der Waals surface area contributed by atoms with Gasteiger partial charge in [-0.2, -0.15) is 0 Å². The predicted octanol–water partition coefficient (Wildman–Crippen LogP) is 3.48. The second-order valence-corrected chi connectivity index (χ2v) is 6.88. The van der Waals surface area contributed by atoms with E-state index in [4.69, 9.17) is 4.74 Å². The summed E-state index contributed by atoms with van der Waals surface area (Å²) in [5.74, 6) is -1.66. The van der Waals surface area contributed by atoms with Gasteiger partial charge in [0.15, 0.2) is 0 Å². The zero-order valence-corrected chi connectivity index (χ0v) is 15.5. The number of carbonyl (C=O) groups excluding carboxylic acids is 2. The van der Waals surface area contributed by atoms with Crippen molar-refractivity contribution in [1.82, 2.24) is 0 Å². The fourth-order valence-electron chi connectivity index (χ4n) is 2.33. The number of amides is 2. The van der Waals surface area contributed by atoms with Crippen LogP contribution >= 0.6 is 0 Å². The van der Waals surface area contributed by atoms with Gasteiger partial charge in [0, 0.05) is 17.8 Å². The molecule has 0 saturated heterocycles. The first-order valence-electron chi connectivity index (χ1n) is 8.17. The highest BCUT2D eigenvalue weighted by Gasteiger charge is 2.19. The molecule has 0 bridgehead atoms. The summed E-state index contributed by atoms with van der Waals surface area (Å²) in [7, 11) is 1.35. The number of benzene rings is 2. The van der Waals surface area contributed by atoms with E-state index in [-0.39, 0.29) is 22.5 Å². The topological polar surface area (TPSA) is 111 Å². The molecule has 0 heterocycles. The molecule has 2 amide bonds. The number of methoxy groups -OCH3 is 1. The number of non-ortho nitro benzene ring substituents is 1. The Balaban J connectivity index is 2.11. The third-order valence-corrected chi connectivity index (χ3v) is 3.86. The molecular weight excluding hydrogens is 350 g/mol. The summed E-state index contributed by atoms with van der Waals surface area (Å²) < 4.78 is 5.05. The van der Waals surface area contributed by atoms with Gasteiger partial charge in [0.05, 0.1) is 17.7 Å². The Morgan fingerprint density at radius 2 is 1.59 bits per heavy atom. The molecule has 2 aromatic rings. The molecular formula is C19H21N3O5. The van der Waals surface area contributed by atoms with E-state index in [1.807, 2.05) is 12.1 Å². The number of nitrogens with zero attached hydrogens (tertiary/aromatic N) is 1. The third-order valence-electron chi connectivity index (χ3n) is 3.86. The highest BCUT2D eigenvalue weighted by atomic mass is 16.6. The van der Waals surface area contributed by atoms with Crippen LogP contribution in [-0.2, 0) is 15.0 Å². The number of carbonyl (C=O) groups is 2. The van der Waals surface area contributed by atoms with E-state index in [0.29, 0.717) is 5.69 Å². The fraction of sp³-hybridized carbons (Fsp3) is 0.263. The van der Waals surface area contributed by atoms with Crippen LogP contribution in [0, 0.1) is 10.1 Å². The van der Waals surface area contributed by atoms with Crippen molar-refractivity contribution >= 4 is 28.9 Å². The van der Waals surface area contributed by atoms with Gasteiger partial charge in [0.1, 0.15) is 5.75 Å². The summed E-state index contributed by atoms with van der Waals surface area (Å²) in [5, 5.41) is 15.7. The summed E-state index contributed by atoms with van der Waals surface area (Å²) in [4.78, 5) is 34.5. The Hall–Kier alpha value is -3.42. The van der Waals surface area contributed by atoms with E-state index >= 15 is 0 Å². The Morgan fingerprint density at radius 3 is 2.11 bits per heavy atom. The molecule has 0 aromatic heterocycles. The van der Waals surface area contributed by atoms with Gasteiger partial charge in [0.2, 0.25) is 0 Å². The highest BCUT2D eigenvalue weighted by molar-refractivity contribution is 6.43. The lowest BCUT2D eigenvalue weighted by atomic mass is 9.87. The molecule has 0 atom stereocenters. The molecule has 27 heavy (non-hydrogen) atoms. The zero-order valence-electron chi connectivity index (χ0n) is 15.5. The maximum absolute atomic E-state index is 12.1. The van der Waals surface area contributed by atoms with Gasteiger partial charge >= 0.3 is 11.8 Å². The fourth-order valence-corrected chi connectivity index (χ4v) is 2.33. The average molecular weight is 371 g/mol. The molecule has 2 N–H and O–H groups in total. The van der Waals surface area contributed by atoms with Crippen molar-refractivity contribution < 1.29 is 19.2 Å². The average Bonchev–Trinajstić information content (AvgIpc) is 2.61. The van der Waals surface area contributed by atoms with Gasteiger partial charge in [0.25, 0.3) is 5.69 Å². The molecule has 8 nitrogen and oxygen atoms in total. The minimum absolute atomic E-state index is 0.0293. The van der Waals surface area contributed by atoms with Gasteiger partial charge < -0.3 is 15.4 Å². The summed E-state index contributed by atoms with van der Waals surface area (Å²) >= 11 is 0. The molecule has 0 unspecified atom stereocenters. The van der Waals surface area contributed by atoms with Crippen LogP contribution in [0.25, 0.3) is 0 Å². The van der Waals surface area contributed by atoms with Crippen LogP contribution in [0.5, 0.6) is 5.75 Å². The number of rotatable bonds is 4. The molecule has 0 spiro atoms. The van der Waals surface area contributed by atoms with Gasteiger partial charge in [-0.3, -0.25) is 19.7 Å². The maximum atomic E-state index is 12.1. The Bertz CT molecular complexity index is 870. The van der Waals surface area contributed by atoms with Crippen molar-refractivity contribution in [3.63, 3.8) is 0 Å². The van der Waals surface area contributed by atoms with Gasteiger partial charge in [-0.05, 0) is 29.2 Å². The second-order valence-electron chi connectivity index (χ2n) is 6.88. The number of anilines is 2. The quantitative estimate of drug-likeness (QED) is 0.486. The van der Waals surface area contributed by atoms with Crippen molar-refractivity contribution in [1.29, 1.82) is 0 Å². The lowest BCUT2D eigenvalue weighted by Gasteiger charge is -2.19. The molecule has 8 heteroatoms. The minimum atomic E-state index is -0.964. The van der Waals surface area contributed by atoms with Gasteiger partial charge in [-0.25, -0.2) is 0 Å². The van der Waals surface area contributed by atoms with Crippen molar-refractivity contribution in [2.45, 2.75) is 26.2 Å². The summed E-state index contributed by atoms with van der Waals surface area (Å²) in [6.45, 7) is 6.21. The maximum Gasteiger partial charge on any atom is 0.314 e. The second kappa shape index (κ2) is 7.86. The van der Waals surface area contributed by atoms with Crippen LogP contribution in [0.2, 0.25) is 0 Å². The smallest absolute Gasteiger partial charge is 0.314 e. The number of nitro groups is 1. The molecule has 0 fully saturated rings. The van der Waals surface area contributed by atoms with Crippen LogP contribution in [-0.4, -0.2) is 23.8 Å². The lowest BCUT2D eigenvalue weighted by molar-refractivity contribution is -0.384. The normalized spacial score (nSPS) is 10.8. The zero-order chi connectivity index (χ0) is 20.2. The van der Waals surface area contributed by atoms with E-state index in [0.717, 1.165) is 11.6 Å². The van der Waals surface area contributed by atoms with E-state index in [2.05, 4.69) is 31.4 Å². The Kier molecular flexibility index (Phi) is 5.79. The molecule has 0 aliphatic carbocycles. The van der Waals surface area contributed by atoms with Gasteiger partial charge in [-0.15, -0.1) is 0 Å². The predicted molar refractivity (Wildman–Crippen MR) is 102 cm³/mol.